The van der Waals surface area contributed by atoms with Crippen LogP contribution in [0.1, 0.15) is 27.0 Å². The van der Waals surface area contributed by atoms with Gasteiger partial charge in [0.25, 0.3) is 11.7 Å². The van der Waals surface area contributed by atoms with Crippen molar-refractivity contribution in [3.63, 3.8) is 0 Å². The Bertz CT molecular complexity index is 747. The maximum atomic E-state index is 12.2. The number of nitrogens with zero attached hydrogens (tertiary/aromatic N) is 1. The van der Waals surface area contributed by atoms with Gasteiger partial charge in [-0.15, -0.1) is 0 Å². The maximum Gasteiger partial charge on any atom is 0.299 e. The highest BCUT2D eigenvalue weighted by Crippen LogP contribution is 2.34. The van der Waals surface area contributed by atoms with Gasteiger partial charge in [-0.25, -0.2) is 0 Å². The zero-order chi connectivity index (χ0) is 15.1. The molecule has 0 bridgehead atoms. The summed E-state index contributed by atoms with van der Waals surface area (Å²) in [6.45, 7) is 4.14. The van der Waals surface area contributed by atoms with Gasteiger partial charge >= 0.3 is 0 Å². The molecule has 3 rings (SSSR count). The normalized spacial score (nSPS) is 13.7. The summed E-state index contributed by atoms with van der Waals surface area (Å²) in [6.07, 6.45) is 0. The number of aryl methyl sites for hydroxylation is 2. The van der Waals surface area contributed by atoms with Gasteiger partial charge in [-0.1, -0.05) is 18.2 Å². The molecular formula is C17H15NO3. The molecule has 1 amide bonds. The predicted molar refractivity (Wildman–Crippen MR) is 79.5 cm³/mol. The number of ketones is 1. The Morgan fingerprint density at radius 3 is 2.38 bits per heavy atom. The summed E-state index contributed by atoms with van der Waals surface area (Å²) in [5, 5.41) is 9.31. The Morgan fingerprint density at radius 2 is 1.71 bits per heavy atom. The fraction of sp³-hybridized carbons (Fsp3) is 0.176. The number of Topliss-reactive ketones (excluding diaryl/α,β-unsaturated/α-hetero) is 1. The van der Waals surface area contributed by atoms with Crippen molar-refractivity contribution in [2.24, 2.45) is 0 Å². The predicted octanol–water partition coefficient (Wildman–Crippen LogP) is 2.74. The van der Waals surface area contributed by atoms with Crippen LogP contribution in [-0.2, 0) is 11.3 Å². The van der Waals surface area contributed by atoms with E-state index in [4.69, 9.17) is 0 Å². The lowest BCUT2D eigenvalue weighted by atomic mass is 10.0. The Balaban J connectivity index is 2.03. The number of amides is 1. The minimum atomic E-state index is -0.494. The number of phenolic OH excluding ortho intramolecular Hbond substituents is 1. The van der Waals surface area contributed by atoms with Crippen LogP contribution in [0, 0.1) is 13.8 Å². The van der Waals surface area contributed by atoms with Crippen LogP contribution in [0.4, 0.5) is 5.69 Å². The minimum Gasteiger partial charge on any atom is -0.508 e. The molecule has 0 atom stereocenters. The first-order valence-electron chi connectivity index (χ1n) is 6.72. The molecule has 0 aromatic heterocycles. The molecule has 0 fully saturated rings. The Labute approximate surface area is 122 Å². The van der Waals surface area contributed by atoms with Crippen LogP contribution in [0.2, 0.25) is 0 Å². The molecule has 106 valence electrons. The number of anilines is 1. The van der Waals surface area contributed by atoms with Gasteiger partial charge in [0.1, 0.15) is 5.75 Å². The topological polar surface area (TPSA) is 57.6 Å². The van der Waals surface area contributed by atoms with E-state index in [1.54, 1.807) is 30.3 Å². The fourth-order valence-corrected chi connectivity index (χ4v) is 2.77. The smallest absolute Gasteiger partial charge is 0.299 e. The number of hydrogen-bond acceptors (Lipinski definition) is 3. The van der Waals surface area contributed by atoms with Gasteiger partial charge in [-0.2, -0.15) is 0 Å². The third kappa shape index (κ3) is 2.18. The SMILES string of the molecule is Cc1cc(C)c2c(c1)C(=O)C(=O)N2Cc1ccc(O)cc1. The number of benzene rings is 2. The average molecular weight is 281 g/mol. The number of carbonyl (C=O) groups excluding carboxylic acids is 2. The average Bonchev–Trinajstić information content (AvgIpc) is 2.67. The van der Waals surface area contributed by atoms with Gasteiger partial charge in [0, 0.05) is 0 Å². The minimum absolute atomic E-state index is 0.176. The van der Waals surface area contributed by atoms with Crippen molar-refractivity contribution in [2.75, 3.05) is 4.90 Å². The molecule has 0 radical (unpaired) electrons. The Morgan fingerprint density at radius 1 is 1.05 bits per heavy atom. The van der Waals surface area contributed by atoms with E-state index in [-0.39, 0.29) is 5.75 Å². The first kappa shape index (κ1) is 13.4. The number of aromatic hydroxyl groups is 1. The molecular weight excluding hydrogens is 266 g/mol. The molecule has 2 aromatic rings. The second-order valence-corrected chi connectivity index (χ2v) is 5.36. The molecule has 0 spiro atoms. The van der Waals surface area contributed by atoms with Gasteiger partial charge < -0.3 is 10.0 Å². The molecule has 1 aliphatic heterocycles. The van der Waals surface area contributed by atoms with Crippen molar-refractivity contribution >= 4 is 17.4 Å². The van der Waals surface area contributed by atoms with E-state index < -0.39 is 11.7 Å². The van der Waals surface area contributed by atoms with E-state index in [1.165, 1.54) is 4.90 Å². The first-order valence-corrected chi connectivity index (χ1v) is 6.72. The standard InChI is InChI=1S/C17H15NO3/c1-10-7-11(2)15-14(8-10)16(20)17(21)18(15)9-12-3-5-13(19)6-4-12/h3-8,19H,9H2,1-2H3. The lowest BCUT2D eigenvalue weighted by Gasteiger charge is -2.19. The molecule has 4 heteroatoms. The van der Waals surface area contributed by atoms with Crippen molar-refractivity contribution < 1.29 is 14.7 Å². The van der Waals surface area contributed by atoms with Crippen LogP contribution in [0.15, 0.2) is 36.4 Å². The summed E-state index contributed by atoms with van der Waals surface area (Å²) in [6, 6.07) is 10.4. The van der Waals surface area contributed by atoms with Crippen LogP contribution in [0.25, 0.3) is 0 Å². The number of rotatable bonds is 2. The maximum absolute atomic E-state index is 12.2. The summed E-state index contributed by atoms with van der Waals surface area (Å²) in [4.78, 5) is 25.9. The zero-order valence-electron chi connectivity index (χ0n) is 11.9. The number of hydrogen-bond donors (Lipinski definition) is 1. The van der Waals surface area contributed by atoms with Gasteiger partial charge in [-0.05, 0) is 48.7 Å². The molecule has 0 aliphatic carbocycles. The quantitative estimate of drug-likeness (QED) is 0.861. The van der Waals surface area contributed by atoms with Gasteiger partial charge in [0.05, 0.1) is 17.8 Å². The second-order valence-electron chi connectivity index (χ2n) is 5.36. The Hall–Kier alpha value is -2.62. The third-order valence-electron chi connectivity index (χ3n) is 3.68. The van der Waals surface area contributed by atoms with E-state index in [1.807, 2.05) is 19.9 Å². The number of fused-ring (bicyclic) bond motifs is 1. The van der Waals surface area contributed by atoms with Crippen molar-refractivity contribution in [1.82, 2.24) is 0 Å². The van der Waals surface area contributed by atoms with Gasteiger partial charge in [0.15, 0.2) is 0 Å². The highest BCUT2D eigenvalue weighted by Gasteiger charge is 2.36. The monoisotopic (exact) mass is 281 g/mol. The van der Waals surface area contributed by atoms with E-state index in [0.29, 0.717) is 17.8 Å². The molecule has 1 N–H and O–H groups in total. The largest absolute Gasteiger partial charge is 0.508 e. The molecule has 0 saturated heterocycles. The van der Waals surface area contributed by atoms with Gasteiger partial charge in [0.2, 0.25) is 0 Å². The number of carbonyl (C=O) groups is 2. The van der Waals surface area contributed by atoms with Crippen LogP contribution in [0.3, 0.4) is 0 Å². The lowest BCUT2D eigenvalue weighted by Crippen LogP contribution is -2.29. The molecule has 0 saturated carbocycles. The van der Waals surface area contributed by atoms with E-state index >= 15 is 0 Å². The highest BCUT2D eigenvalue weighted by atomic mass is 16.3. The van der Waals surface area contributed by atoms with E-state index in [0.717, 1.165) is 16.7 Å². The Kier molecular flexibility index (Phi) is 3.01. The van der Waals surface area contributed by atoms with E-state index in [2.05, 4.69) is 0 Å². The third-order valence-corrected chi connectivity index (χ3v) is 3.68. The fourth-order valence-electron chi connectivity index (χ4n) is 2.77. The van der Waals surface area contributed by atoms with Crippen molar-refractivity contribution in [3.05, 3.63) is 58.7 Å². The van der Waals surface area contributed by atoms with Crippen molar-refractivity contribution in [1.29, 1.82) is 0 Å². The van der Waals surface area contributed by atoms with Gasteiger partial charge in [-0.3, -0.25) is 9.59 Å². The van der Waals surface area contributed by atoms with Crippen LogP contribution < -0.4 is 4.90 Å². The van der Waals surface area contributed by atoms with Crippen LogP contribution in [0.5, 0.6) is 5.75 Å². The van der Waals surface area contributed by atoms with Crippen LogP contribution in [-0.4, -0.2) is 16.8 Å². The summed E-state index contributed by atoms with van der Waals surface area (Å²) < 4.78 is 0. The van der Waals surface area contributed by atoms with E-state index in [9.17, 15) is 14.7 Å². The van der Waals surface area contributed by atoms with Crippen molar-refractivity contribution in [2.45, 2.75) is 20.4 Å². The summed E-state index contributed by atoms with van der Waals surface area (Å²) in [5.41, 5.74) is 3.93. The molecule has 4 nitrogen and oxygen atoms in total. The first-order chi connectivity index (χ1) is 9.97. The molecule has 0 unspecified atom stereocenters. The molecule has 1 aliphatic rings. The summed E-state index contributed by atoms with van der Waals surface area (Å²) in [7, 11) is 0. The zero-order valence-corrected chi connectivity index (χ0v) is 11.9. The second kappa shape index (κ2) is 4.74. The van der Waals surface area contributed by atoms with Crippen LogP contribution >= 0.6 is 0 Å². The highest BCUT2D eigenvalue weighted by molar-refractivity contribution is 6.52. The lowest BCUT2D eigenvalue weighted by molar-refractivity contribution is -0.114. The summed E-state index contributed by atoms with van der Waals surface area (Å²) >= 11 is 0. The molecule has 21 heavy (non-hydrogen) atoms. The van der Waals surface area contributed by atoms with Crippen molar-refractivity contribution in [3.8, 4) is 5.75 Å². The summed E-state index contributed by atoms with van der Waals surface area (Å²) in [5.74, 6) is -0.767. The molecule has 2 aromatic carbocycles. The number of phenols is 1. The molecule has 1 heterocycles.